The van der Waals surface area contributed by atoms with Crippen molar-refractivity contribution in [3.05, 3.63) is 28.3 Å². The third-order valence-corrected chi connectivity index (χ3v) is 6.74. The van der Waals surface area contributed by atoms with Crippen molar-refractivity contribution in [3.8, 4) is 0 Å². The molecule has 1 heterocycles. The number of sulfonamides is 2. The third-order valence-electron chi connectivity index (χ3n) is 4.03. The Labute approximate surface area is 146 Å². The average Bonchev–Trinajstić information content (AvgIpc) is 2.54. The highest BCUT2D eigenvalue weighted by Crippen LogP contribution is 2.29. The molecule has 10 nitrogen and oxygen atoms in total. The van der Waals surface area contributed by atoms with Crippen molar-refractivity contribution in [1.82, 2.24) is 9.03 Å². The fraction of sp³-hybridized carbons (Fsp3) is 0.538. The summed E-state index contributed by atoms with van der Waals surface area (Å²) in [5, 5.41) is 14.3. The highest BCUT2D eigenvalue weighted by atomic mass is 32.2. The fourth-order valence-electron chi connectivity index (χ4n) is 2.62. The van der Waals surface area contributed by atoms with Gasteiger partial charge >= 0.3 is 0 Å². The number of nitro benzene ring substituents is 1. The second-order valence-corrected chi connectivity index (χ2v) is 9.59. The second-order valence-electron chi connectivity index (χ2n) is 5.72. The molecule has 1 saturated heterocycles. The van der Waals surface area contributed by atoms with Crippen LogP contribution in [0.25, 0.3) is 0 Å². The molecule has 0 amide bonds. The van der Waals surface area contributed by atoms with Crippen molar-refractivity contribution in [2.45, 2.75) is 23.8 Å². The normalized spacial score (nSPS) is 17.4. The largest absolute Gasteiger partial charge is 0.377 e. The summed E-state index contributed by atoms with van der Waals surface area (Å²) < 4.78 is 50.1. The molecule has 1 aliphatic heterocycles. The summed E-state index contributed by atoms with van der Waals surface area (Å²) in [6.45, 7) is 0.660. The molecule has 0 aliphatic carbocycles. The molecule has 0 spiro atoms. The van der Waals surface area contributed by atoms with Gasteiger partial charge in [0.25, 0.3) is 5.69 Å². The minimum atomic E-state index is -3.78. The molecule has 2 N–H and O–H groups in total. The van der Waals surface area contributed by atoms with Gasteiger partial charge in [-0.2, -0.15) is 0 Å². The Balaban J connectivity index is 2.19. The van der Waals surface area contributed by atoms with Crippen LogP contribution >= 0.6 is 0 Å². The maximum absolute atomic E-state index is 11.8. The van der Waals surface area contributed by atoms with Gasteiger partial charge in [0, 0.05) is 25.2 Å². The zero-order valence-corrected chi connectivity index (χ0v) is 15.4. The van der Waals surface area contributed by atoms with Crippen LogP contribution in [-0.4, -0.2) is 58.5 Å². The van der Waals surface area contributed by atoms with Gasteiger partial charge in [0.05, 0.1) is 16.1 Å². The van der Waals surface area contributed by atoms with E-state index in [0.29, 0.717) is 25.9 Å². The van der Waals surface area contributed by atoms with E-state index in [1.165, 1.54) is 23.5 Å². The van der Waals surface area contributed by atoms with Crippen LogP contribution in [-0.2, 0) is 20.0 Å². The molecule has 2 rings (SSSR count). The van der Waals surface area contributed by atoms with Gasteiger partial charge in [-0.1, -0.05) is 0 Å². The summed E-state index contributed by atoms with van der Waals surface area (Å²) >= 11 is 0. The molecule has 0 aromatic heterocycles. The van der Waals surface area contributed by atoms with Gasteiger partial charge in [-0.3, -0.25) is 10.1 Å². The number of piperidine rings is 1. The van der Waals surface area contributed by atoms with Crippen LogP contribution < -0.4 is 10.0 Å². The van der Waals surface area contributed by atoms with Gasteiger partial charge in [-0.25, -0.2) is 25.9 Å². The van der Waals surface area contributed by atoms with Crippen LogP contribution in [0.2, 0.25) is 0 Å². The average molecular weight is 392 g/mol. The Hall–Kier alpha value is -1.76. The van der Waals surface area contributed by atoms with Crippen molar-refractivity contribution in [2.75, 3.05) is 31.7 Å². The van der Waals surface area contributed by atoms with E-state index in [1.54, 1.807) is 0 Å². The van der Waals surface area contributed by atoms with Crippen LogP contribution in [0.4, 0.5) is 11.4 Å². The first-order valence-corrected chi connectivity index (χ1v) is 10.8. The number of nitrogens with zero attached hydrogens (tertiary/aromatic N) is 2. The van der Waals surface area contributed by atoms with Gasteiger partial charge in [-0.05, 0) is 32.0 Å². The molecule has 1 aliphatic rings. The molecule has 0 unspecified atom stereocenters. The number of hydrogen-bond donors (Lipinski definition) is 2. The van der Waals surface area contributed by atoms with Crippen LogP contribution in [0.1, 0.15) is 12.8 Å². The lowest BCUT2D eigenvalue weighted by Crippen LogP contribution is -2.41. The zero-order chi connectivity index (χ0) is 18.8. The van der Waals surface area contributed by atoms with Crippen LogP contribution in [0.15, 0.2) is 23.1 Å². The summed E-state index contributed by atoms with van der Waals surface area (Å²) in [5.74, 6) is 0. The van der Waals surface area contributed by atoms with E-state index in [1.807, 2.05) is 0 Å². The molecule has 1 fully saturated rings. The number of hydrogen-bond acceptors (Lipinski definition) is 7. The number of rotatable bonds is 6. The Morgan fingerprint density at radius 3 is 2.28 bits per heavy atom. The highest BCUT2D eigenvalue weighted by molar-refractivity contribution is 7.89. The summed E-state index contributed by atoms with van der Waals surface area (Å²) in [4.78, 5) is 10.4. The van der Waals surface area contributed by atoms with Crippen molar-refractivity contribution in [3.63, 3.8) is 0 Å². The maximum Gasteiger partial charge on any atom is 0.293 e. The van der Waals surface area contributed by atoms with Gasteiger partial charge < -0.3 is 5.32 Å². The quantitative estimate of drug-likeness (QED) is 0.525. The minimum absolute atomic E-state index is 0.136. The molecule has 0 atom stereocenters. The Morgan fingerprint density at radius 2 is 1.80 bits per heavy atom. The van der Waals surface area contributed by atoms with Gasteiger partial charge in [0.15, 0.2) is 0 Å². The molecular weight excluding hydrogens is 372 g/mol. The summed E-state index contributed by atoms with van der Waals surface area (Å²) in [7, 11) is -5.80. The van der Waals surface area contributed by atoms with Gasteiger partial charge in [0.1, 0.15) is 5.69 Å². The number of nitrogens with one attached hydrogen (secondary N) is 2. The predicted octanol–water partition coefficient (Wildman–Crippen LogP) is 0.339. The second kappa shape index (κ2) is 7.23. The Bertz CT molecular complexity index is 861. The van der Waals surface area contributed by atoms with Crippen molar-refractivity contribution < 1.29 is 21.8 Å². The van der Waals surface area contributed by atoms with E-state index >= 15 is 0 Å². The third kappa shape index (κ3) is 4.66. The molecule has 0 saturated carbocycles. The monoisotopic (exact) mass is 392 g/mol. The summed E-state index contributed by atoms with van der Waals surface area (Å²) in [5.41, 5.74) is -0.139. The maximum atomic E-state index is 11.8. The number of nitro groups is 1. The SMILES string of the molecule is CNS(=O)(=O)c1ccc(NC2CCN(S(C)(=O)=O)CC2)c([N+](=O)[O-])c1. The standard InChI is InChI=1S/C13H20N4O6S2/c1-14-25(22,23)11-3-4-12(13(9-11)17(18)19)15-10-5-7-16(8-6-10)24(2,20)21/h3-4,9-10,14-15H,5-8H2,1-2H3. The zero-order valence-electron chi connectivity index (χ0n) is 13.8. The van der Waals surface area contributed by atoms with E-state index in [4.69, 9.17) is 0 Å². The molecule has 140 valence electrons. The lowest BCUT2D eigenvalue weighted by Gasteiger charge is -2.31. The summed E-state index contributed by atoms with van der Waals surface area (Å²) in [6.07, 6.45) is 2.15. The predicted molar refractivity (Wildman–Crippen MR) is 92.4 cm³/mol. The molecule has 12 heteroatoms. The molecule has 1 aromatic rings. The highest BCUT2D eigenvalue weighted by Gasteiger charge is 2.27. The molecule has 25 heavy (non-hydrogen) atoms. The molecule has 0 bridgehead atoms. The van der Waals surface area contributed by atoms with E-state index in [-0.39, 0.29) is 22.3 Å². The van der Waals surface area contributed by atoms with Crippen LogP contribution in [0.3, 0.4) is 0 Å². The van der Waals surface area contributed by atoms with Crippen molar-refractivity contribution in [2.24, 2.45) is 0 Å². The smallest absolute Gasteiger partial charge is 0.293 e. The topological polar surface area (TPSA) is 139 Å². The fourth-order valence-corrected chi connectivity index (χ4v) is 4.25. The summed E-state index contributed by atoms with van der Waals surface area (Å²) in [6, 6.07) is 3.50. The lowest BCUT2D eigenvalue weighted by molar-refractivity contribution is -0.384. The van der Waals surface area contributed by atoms with Crippen molar-refractivity contribution >= 4 is 31.4 Å². The first-order valence-electron chi connectivity index (χ1n) is 7.48. The lowest BCUT2D eigenvalue weighted by atomic mass is 10.1. The van der Waals surface area contributed by atoms with Crippen molar-refractivity contribution in [1.29, 1.82) is 0 Å². The van der Waals surface area contributed by atoms with E-state index in [9.17, 15) is 26.9 Å². The van der Waals surface area contributed by atoms with Gasteiger partial charge in [-0.15, -0.1) is 0 Å². The van der Waals surface area contributed by atoms with E-state index in [0.717, 1.165) is 12.3 Å². The first kappa shape index (κ1) is 19.6. The molecule has 1 aromatic carbocycles. The van der Waals surface area contributed by atoms with Gasteiger partial charge in [0.2, 0.25) is 20.0 Å². The van der Waals surface area contributed by atoms with E-state index < -0.39 is 25.0 Å². The minimum Gasteiger partial charge on any atom is -0.377 e. The number of benzene rings is 1. The van der Waals surface area contributed by atoms with E-state index in [2.05, 4.69) is 10.0 Å². The van der Waals surface area contributed by atoms with Crippen LogP contribution in [0, 0.1) is 10.1 Å². The number of anilines is 1. The first-order chi connectivity index (χ1) is 11.5. The Kier molecular flexibility index (Phi) is 5.66. The Morgan fingerprint density at radius 1 is 1.20 bits per heavy atom. The molecular formula is C13H20N4O6S2. The molecule has 0 radical (unpaired) electrons. The van der Waals surface area contributed by atoms with Crippen LogP contribution in [0.5, 0.6) is 0 Å².